The lowest BCUT2D eigenvalue weighted by Crippen LogP contribution is -2.31. The Balaban J connectivity index is 2.99. The van der Waals surface area contributed by atoms with Gasteiger partial charge in [-0.15, -0.1) is 0 Å². The van der Waals surface area contributed by atoms with Gasteiger partial charge in [0.25, 0.3) is 0 Å². The van der Waals surface area contributed by atoms with E-state index in [-0.39, 0.29) is 5.91 Å². The minimum Gasteiger partial charge on any atom is -0.496 e. The molecule has 3 nitrogen and oxygen atoms in total. The highest BCUT2D eigenvalue weighted by atomic mass is 35.5. The van der Waals surface area contributed by atoms with E-state index in [9.17, 15) is 4.79 Å². The lowest BCUT2D eigenvalue weighted by Gasteiger charge is -2.20. The highest BCUT2D eigenvalue weighted by molar-refractivity contribution is 6.30. The summed E-state index contributed by atoms with van der Waals surface area (Å²) >= 11 is 6.03. The van der Waals surface area contributed by atoms with E-state index in [1.165, 1.54) is 0 Å². The predicted octanol–water partition coefficient (Wildman–Crippen LogP) is 3.07. The number of halogens is 1. The monoisotopic (exact) mass is 269 g/mol. The van der Waals surface area contributed by atoms with E-state index < -0.39 is 0 Å². The molecule has 0 fully saturated rings. The molecule has 0 aliphatic heterocycles. The zero-order valence-corrected chi connectivity index (χ0v) is 12.2. The summed E-state index contributed by atoms with van der Waals surface area (Å²) in [4.78, 5) is 13.9. The van der Waals surface area contributed by atoms with Gasteiger partial charge in [-0.05, 0) is 38.5 Å². The van der Waals surface area contributed by atoms with Crippen molar-refractivity contribution < 1.29 is 9.53 Å². The SMILES string of the molecule is CCN(CC)C(=O)Cc1cc(Cl)cc(C)c1OC. The van der Waals surface area contributed by atoms with E-state index in [1.54, 1.807) is 18.1 Å². The molecule has 1 aromatic carbocycles. The number of carbonyl (C=O) groups excluding carboxylic acids is 1. The van der Waals surface area contributed by atoms with E-state index in [1.807, 2.05) is 26.8 Å². The second kappa shape index (κ2) is 6.64. The number of benzene rings is 1. The fourth-order valence-electron chi connectivity index (χ4n) is 2.07. The van der Waals surface area contributed by atoms with E-state index >= 15 is 0 Å². The molecule has 0 saturated carbocycles. The molecule has 100 valence electrons. The third-order valence-corrected chi connectivity index (χ3v) is 3.20. The molecule has 0 radical (unpaired) electrons. The average Bonchev–Trinajstić information content (AvgIpc) is 2.30. The van der Waals surface area contributed by atoms with Crippen LogP contribution in [0.2, 0.25) is 5.02 Å². The van der Waals surface area contributed by atoms with Gasteiger partial charge in [0.05, 0.1) is 13.5 Å². The Morgan fingerprint density at radius 1 is 1.33 bits per heavy atom. The third-order valence-electron chi connectivity index (χ3n) is 2.98. The number of ether oxygens (including phenoxy) is 1. The van der Waals surface area contributed by atoms with Gasteiger partial charge >= 0.3 is 0 Å². The molecule has 0 aliphatic carbocycles. The van der Waals surface area contributed by atoms with Gasteiger partial charge in [0.2, 0.25) is 5.91 Å². The zero-order chi connectivity index (χ0) is 13.7. The largest absolute Gasteiger partial charge is 0.496 e. The van der Waals surface area contributed by atoms with Crippen LogP contribution in [0.15, 0.2) is 12.1 Å². The van der Waals surface area contributed by atoms with Crippen molar-refractivity contribution in [2.24, 2.45) is 0 Å². The van der Waals surface area contributed by atoms with Gasteiger partial charge < -0.3 is 9.64 Å². The Morgan fingerprint density at radius 2 is 1.94 bits per heavy atom. The second-order valence-electron chi connectivity index (χ2n) is 4.16. The third kappa shape index (κ3) is 3.39. The van der Waals surface area contributed by atoms with Crippen LogP contribution in [-0.4, -0.2) is 31.0 Å². The molecule has 0 atom stereocenters. The maximum atomic E-state index is 12.1. The Bertz CT molecular complexity index is 428. The van der Waals surface area contributed by atoms with Crippen molar-refractivity contribution in [2.75, 3.05) is 20.2 Å². The van der Waals surface area contributed by atoms with Crippen molar-refractivity contribution in [3.63, 3.8) is 0 Å². The quantitative estimate of drug-likeness (QED) is 0.822. The normalized spacial score (nSPS) is 10.3. The molecule has 0 aliphatic rings. The smallest absolute Gasteiger partial charge is 0.227 e. The van der Waals surface area contributed by atoms with Crippen LogP contribution >= 0.6 is 11.6 Å². The van der Waals surface area contributed by atoms with Gasteiger partial charge in [0, 0.05) is 23.7 Å². The van der Waals surface area contributed by atoms with Gasteiger partial charge in [-0.2, -0.15) is 0 Å². The minimum absolute atomic E-state index is 0.0972. The zero-order valence-electron chi connectivity index (χ0n) is 11.4. The van der Waals surface area contributed by atoms with Crippen molar-refractivity contribution >= 4 is 17.5 Å². The van der Waals surface area contributed by atoms with Crippen molar-refractivity contribution in [3.05, 3.63) is 28.3 Å². The summed E-state index contributed by atoms with van der Waals surface area (Å²) in [6, 6.07) is 3.64. The predicted molar refractivity (Wildman–Crippen MR) is 74.4 cm³/mol. The van der Waals surface area contributed by atoms with E-state index in [0.717, 1.165) is 30.0 Å². The molecular formula is C14H20ClNO2. The van der Waals surface area contributed by atoms with E-state index in [4.69, 9.17) is 16.3 Å². The maximum absolute atomic E-state index is 12.1. The fraction of sp³-hybridized carbons (Fsp3) is 0.500. The van der Waals surface area contributed by atoms with Gasteiger partial charge in [-0.25, -0.2) is 0 Å². The number of amides is 1. The number of nitrogens with zero attached hydrogens (tertiary/aromatic N) is 1. The molecule has 0 N–H and O–H groups in total. The van der Waals surface area contributed by atoms with Crippen LogP contribution < -0.4 is 4.74 Å². The second-order valence-corrected chi connectivity index (χ2v) is 4.59. The number of carbonyl (C=O) groups is 1. The number of hydrogen-bond acceptors (Lipinski definition) is 2. The van der Waals surface area contributed by atoms with Crippen LogP contribution in [0.4, 0.5) is 0 Å². The molecule has 0 spiro atoms. The molecule has 0 heterocycles. The number of rotatable bonds is 5. The van der Waals surface area contributed by atoms with E-state index in [2.05, 4.69) is 0 Å². The lowest BCUT2D eigenvalue weighted by atomic mass is 10.1. The average molecular weight is 270 g/mol. The number of methoxy groups -OCH3 is 1. The highest BCUT2D eigenvalue weighted by Crippen LogP contribution is 2.28. The Morgan fingerprint density at radius 3 is 2.44 bits per heavy atom. The molecular weight excluding hydrogens is 250 g/mol. The van der Waals surface area contributed by atoms with Crippen LogP contribution in [0.3, 0.4) is 0 Å². The topological polar surface area (TPSA) is 29.5 Å². The summed E-state index contributed by atoms with van der Waals surface area (Å²) in [5.41, 5.74) is 1.80. The molecule has 1 amide bonds. The van der Waals surface area contributed by atoms with E-state index in [0.29, 0.717) is 11.4 Å². The number of aryl methyl sites for hydroxylation is 1. The van der Waals surface area contributed by atoms with Crippen molar-refractivity contribution in [1.29, 1.82) is 0 Å². The molecule has 18 heavy (non-hydrogen) atoms. The van der Waals surface area contributed by atoms with Crippen molar-refractivity contribution in [2.45, 2.75) is 27.2 Å². The van der Waals surface area contributed by atoms with Crippen LogP contribution in [0.25, 0.3) is 0 Å². The van der Waals surface area contributed by atoms with Crippen molar-refractivity contribution in [3.8, 4) is 5.75 Å². The molecule has 0 bridgehead atoms. The summed E-state index contributed by atoms with van der Waals surface area (Å²) in [5.74, 6) is 0.847. The molecule has 1 aromatic rings. The number of likely N-dealkylation sites (N-methyl/N-ethyl adjacent to an activating group) is 1. The molecule has 0 saturated heterocycles. The first-order valence-electron chi connectivity index (χ1n) is 6.14. The van der Waals surface area contributed by atoms with Crippen LogP contribution in [0, 0.1) is 6.92 Å². The molecule has 0 unspecified atom stereocenters. The standard InChI is InChI=1S/C14H20ClNO2/c1-5-16(6-2)13(17)9-11-8-12(15)7-10(3)14(11)18-4/h7-8H,5-6,9H2,1-4H3. The van der Waals surface area contributed by atoms with Gasteiger partial charge in [-0.1, -0.05) is 11.6 Å². The summed E-state index contributed by atoms with van der Waals surface area (Å²) in [6.07, 6.45) is 0.326. The van der Waals surface area contributed by atoms with Crippen LogP contribution in [0.5, 0.6) is 5.75 Å². The Kier molecular flexibility index (Phi) is 5.48. The number of hydrogen-bond donors (Lipinski definition) is 0. The summed E-state index contributed by atoms with van der Waals surface area (Å²) in [5, 5.41) is 0.635. The summed E-state index contributed by atoms with van der Waals surface area (Å²) in [7, 11) is 1.61. The molecule has 1 rings (SSSR count). The lowest BCUT2D eigenvalue weighted by molar-refractivity contribution is -0.130. The van der Waals surface area contributed by atoms with Crippen LogP contribution in [0.1, 0.15) is 25.0 Å². The maximum Gasteiger partial charge on any atom is 0.227 e. The van der Waals surface area contributed by atoms with Gasteiger partial charge in [0.1, 0.15) is 5.75 Å². The highest BCUT2D eigenvalue weighted by Gasteiger charge is 2.15. The van der Waals surface area contributed by atoms with Gasteiger partial charge in [0.15, 0.2) is 0 Å². The minimum atomic E-state index is 0.0972. The first-order valence-corrected chi connectivity index (χ1v) is 6.52. The summed E-state index contributed by atoms with van der Waals surface area (Å²) < 4.78 is 5.35. The first kappa shape index (κ1) is 14.8. The van der Waals surface area contributed by atoms with Crippen LogP contribution in [-0.2, 0) is 11.2 Å². The summed E-state index contributed by atoms with van der Waals surface area (Å²) in [6.45, 7) is 7.31. The van der Waals surface area contributed by atoms with Crippen molar-refractivity contribution in [1.82, 2.24) is 4.90 Å². The fourth-order valence-corrected chi connectivity index (χ4v) is 2.37. The Hall–Kier alpha value is -1.22. The van der Waals surface area contributed by atoms with Gasteiger partial charge in [-0.3, -0.25) is 4.79 Å². The molecule has 4 heteroatoms. The molecule has 0 aromatic heterocycles. The Labute approximate surface area is 114 Å². The first-order chi connectivity index (χ1) is 8.53.